The van der Waals surface area contributed by atoms with Gasteiger partial charge in [-0.25, -0.2) is 13.4 Å². The lowest BCUT2D eigenvalue weighted by Gasteiger charge is -2.22. The number of nitrogens with one attached hydrogen (secondary N) is 1. The molecule has 6 heteroatoms. The molecule has 4 rings (SSSR count). The van der Waals surface area contributed by atoms with Gasteiger partial charge in [-0.2, -0.15) is 4.31 Å². The molecule has 1 N–H and O–H groups in total. The highest BCUT2D eigenvalue weighted by molar-refractivity contribution is 7.89. The molecule has 0 atom stereocenters. The van der Waals surface area contributed by atoms with Gasteiger partial charge in [0.25, 0.3) is 0 Å². The number of hydrogen-bond donors (Lipinski definition) is 1. The lowest BCUT2D eigenvalue weighted by molar-refractivity contribution is 0.401. The van der Waals surface area contributed by atoms with Gasteiger partial charge < -0.3 is 5.32 Å². The summed E-state index contributed by atoms with van der Waals surface area (Å²) in [5.41, 5.74) is 3.89. The van der Waals surface area contributed by atoms with Crippen molar-refractivity contribution in [3.8, 4) is 0 Å². The van der Waals surface area contributed by atoms with Gasteiger partial charge in [0.1, 0.15) is 10.7 Å². The minimum absolute atomic E-state index is 0.166. The van der Waals surface area contributed by atoms with Crippen LogP contribution in [-0.4, -0.2) is 17.7 Å². The largest absolute Gasteiger partial charge is 0.340 e. The zero-order valence-corrected chi connectivity index (χ0v) is 18.7. The summed E-state index contributed by atoms with van der Waals surface area (Å²) in [5.74, 6) is 0.590. The number of pyridine rings is 1. The number of rotatable bonds is 8. The van der Waals surface area contributed by atoms with Gasteiger partial charge in [-0.1, -0.05) is 72.8 Å². The van der Waals surface area contributed by atoms with Crippen LogP contribution in [0.5, 0.6) is 0 Å². The summed E-state index contributed by atoms with van der Waals surface area (Å²) < 4.78 is 28.5. The van der Waals surface area contributed by atoms with E-state index in [2.05, 4.69) is 10.3 Å². The molecular weight excluding hydrogens is 418 g/mol. The predicted octanol–water partition coefficient (Wildman–Crippen LogP) is 5.52. The van der Waals surface area contributed by atoms with Crippen LogP contribution in [0.4, 0.5) is 11.5 Å². The van der Waals surface area contributed by atoms with Crippen molar-refractivity contribution in [2.24, 2.45) is 0 Å². The van der Waals surface area contributed by atoms with Gasteiger partial charge in [-0.05, 0) is 47.9 Å². The number of hydrogen-bond acceptors (Lipinski definition) is 4. The molecule has 0 aliphatic carbocycles. The molecule has 0 unspecified atom stereocenters. The molecule has 0 bridgehead atoms. The minimum atomic E-state index is -3.75. The fourth-order valence-electron chi connectivity index (χ4n) is 3.43. The highest BCUT2D eigenvalue weighted by Gasteiger charge is 2.25. The highest BCUT2D eigenvalue weighted by Crippen LogP contribution is 2.23. The van der Waals surface area contributed by atoms with Crippen LogP contribution in [0.15, 0.2) is 108 Å². The number of benzene rings is 3. The molecule has 0 amide bonds. The second-order valence-corrected chi connectivity index (χ2v) is 9.56. The van der Waals surface area contributed by atoms with Crippen LogP contribution in [-0.2, 0) is 23.1 Å². The number of aryl methyl sites for hydroxylation is 1. The first-order valence-electron chi connectivity index (χ1n) is 10.4. The summed E-state index contributed by atoms with van der Waals surface area (Å²) in [6.07, 6.45) is 1.41. The Morgan fingerprint density at radius 1 is 0.781 bits per heavy atom. The van der Waals surface area contributed by atoms with Crippen molar-refractivity contribution < 1.29 is 8.42 Å². The van der Waals surface area contributed by atoms with Crippen molar-refractivity contribution in [1.29, 1.82) is 0 Å². The zero-order valence-electron chi connectivity index (χ0n) is 17.8. The summed E-state index contributed by atoms with van der Waals surface area (Å²) in [7, 11) is -3.75. The van der Waals surface area contributed by atoms with Crippen molar-refractivity contribution in [1.82, 2.24) is 9.29 Å². The van der Waals surface area contributed by atoms with Gasteiger partial charge in [0.05, 0.1) is 0 Å². The molecule has 32 heavy (non-hydrogen) atoms. The maximum absolute atomic E-state index is 13.5. The number of aromatic nitrogens is 1. The van der Waals surface area contributed by atoms with Crippen molar-refractivity contribution >= 4 is 21.5 Å². The van der Waals surface area contributed by atoms with Crippen molar-refractivity contribution in [2.75, 3.05) is 5.32 Å². The Bertz CT molecular complexity index is 1220. The lowest BCUT2D eigenvalue weighted by Crippen LogP contribution is -2.30. The van der Waals surface area contributed by atoms with Crippen molar-refractivity contribution in [2.45, 2.75) is 24.9 Å². The molecule has 3 aromatic carbocycles. The summed E-state index contributed by atoms with van der Waals surface area (Å²) in [5, 5.41) is 3.21. The molecular formula is C26H25N3O2S. The third-order valence-electron chi connectivity index (χ3n) is 5.07. The van der Waals surface area contributed by atoms with E-state index in [0.29, 0.717) is 5.82 Å². The van der Waals surface area contributed by atoms with E-state index in [1.165, 1.54) is 10.5 Å². The van der Waals surface area contributed by atoms with Crippen LogP contribution in [0.3, 0.4) is 0 Å². The molecule has 1 heterocycles. The Kier molecular flexibility index (Phi) is 6.63. The van der Waals surface area contributed by atoms with Crippen LogP contribution < -0.4 is 5.32 Å². The fraction of sp³-hybridized carbons (Fsp3) is 0.115. The molecule has 1 aromatic heterocycles. The van der Waals surface area contributed by atoms with E-state index < -0.39 is 10.0 Å². The Morgan fingerprint density at radius 3 is 1.94 bits per heavy atom. The molecule has 0 aliphatic rings. The molecule has 0 saturated carbocycles. The summed E-state index contributed by atoms with van der Waals surface area (Å²) in [6.45, 7) is 2.57. The van der Waals surface area contributed by atoms with E-state index in [4.69, 9.17) is 0 Å². The van der Waals surface area contributed by atoms with Crippen LogP contribution in [0.1, 0.15) is 16.7 Å². The summed E-state index contributed by atoms with van der Waals surface area (Å²) in [6, 6.07) is 30.4. The molecule has 5 nitrogen and oxygen atoms in total. The highest BCUT2D eigenvalue weighted by atomic mass is 32.2. The summed E-state index contributed by atoms with van der Waals surface area (Å²) in [4.78, 5) is 4.52. The standard InChI is InChI=1S/C26H25N3O2S/c1-21-9-8-14-24(17-21)28-26-16-15-25(18-27-26)32(30,31)29(19-22-10-4-2-5-11-22)20-23-12-6-3-7-13-23/h2-18H,19-20H2,1H3,(H,27,28). The lowest BCUT2D eigenvalue weighted by atomic mass is 10.2. The summed E-state index contributed by atoms with van der Waals surface area (Å²) >= 11 is 0. The normalized spacial score (nSPS) is 11.4. The quantitative estimate of drug-likeness (QED) is 0.389. The van der Waals surface area contributed by atoms with Gasteiger partial charge in [-0.15, -0.1) is 0 Å². The Labute approximate surface area is 189 Å². The SMILES string of the molecule is Cc1cccc(Nc2ccc(S(=O)(=O)N(Cc3ccccc3)Cc3ccccc3)cn2)c1. The van der Waals surface area contributed by atoms with Gasteiger partial charge >= 0.3 is 0 Å². The zero-order chi connectivity index (χ0) is 22.4. The molecule has 0 spiro atoms. The average molecular weight is 444 g/mol. The third-order valence-corrected chi connectivity index (χ3v) is 6.84. The maximum Gasteiger partial charge on any atom is 0.245 e. The third kappa shape index (κ3) is 5.41. The first-order valence-corrected chi connectivity index (χ1v) is 11.8. The predicted molar refractivity (Wildman–Crippen MR) is 128 cm³/mol. The molecule has 0 fully saturated rings. The van der Waals surface area contributed by atoms with Crippen LogP contribution in [0, 0.1) is 6.92 Å². The minimum Gasteiger partial charge on any atom is -0.340 e. The average Bonchev–Trinajstić information content (AvgIpc) is 2.80. The monoisotopic (exact) mass is 443 g/mol. The van der Waals surface area contributed by atoms with E-state index in [9.17, 15) is 8.42 Å². The van der Waals surface area contributed by atoms with Gasteiger partial charge in [0, 0.05) is 25.0 Å². The van der Waals surface area contributed by atoms with Crippen molar-refractivity contribution in [3.05, 3.63) is 120 Å². The molecule has 0 radical (unpaired) electrons. The van der Waals surface area contributed by atoms with E-state index in [0.717, 1.165) is 22.4 Å². The topological polar surface area (TPSA) is 62.3 Å². The fourth-order valence-corrected chi connectivity index (χ4v) is 4.79. The second kappa shape index (κ2) is 9.77. The van der Waals surface area contributed by atoms with Crippen LogP contribution in [0.25, 0.3) is 0 Å². The molecule has 162 valence electrons. The Balaban J connectivity index is 1.59. The number of sulfonamides is 1. The van der Waals surface area contributed by atoms with Crippen molar-refractivity contribution in [3.63, 3.8) is 0 Å². The molecule has 4 aromatic rings. The van der Waals surface area contributed by atoms with Crippen LogP contribution in [0.2, 0.25) is 0 Å². The van der Waals surface area contributed by atoms with E-state index in [-0.39, 0.29) is 18.0 Å². The smallest absolute Gasteiger partial charge is 0.245 e. The first-order chi connectivity index (χ1) is 15.5. The Hall–Kier alpha value is -3.48. The van der Waals surface area contributed by atoms with Gasteiger partial charge in [-0.3, -0.25) is 0 Å². The van der Waals surface area contributed by atoms with Gasteiger partial charge in [0.15, 0.2) is 0 Å². The maximum atomic E-state index is 13.5. The number of anilines is 2. The first kappa shape index (κ1) is 21.7. The van der Waals surface area contributed by atoms with Gasteiger partial charge in [0.2, 0.25) is 10.0 Å². The number of nitrogens with zero attached hydrogens (tertiary/aromatic N) is 2. The van der Waals surface area contributed by atoms with E-state index in [1.807, 2.05) is 91.9 Å². The van der Waals surface area contributed by atoms with Crippen LogP contribution >= 0.6 is 0 Å². The molecule has 0 aliphatic heterocycles. The Morgan fingerprint density at radius 2 is 1.41 bits per heavy atom. The van der Waals surface area contributed by atoms with E-state index in [1.54, 1.807) is 12.1 Å². The van der Waals surface area contributed by atoms with E-state index >= 15 is 0 Å². The molecule has 0 saturated heterocycles. The second-order valence-electron chi connectivity index (χ2n) is 7.62.